The number of rotatable bonds is 4. The molecule has 1 aliphatic heterocycles. The zero-order chi connectivity index (χ0) is 10.9. The summed E-state index contributed by atoms with van der Waals surface area (Å²) in [5, 5.41) is 3.47. The van der Waals surface area contributed by atoms with Crippen molar-refractivity contribution in [2.45, 2.75) is 38.5 Å². The van der Waals surface area contributed by atoms with Crippen LogP contribution in [0.1, 0.15) is 38.5 Å². The average molecular weight is 274 g/mol. The first kappa shape index (κ1) is 11.1. The summed E-state index contributed by atoms with van der Waals surface area (Å²) in [4.78, 5) is 23.4. The van der Waals surface area contributed by atoms with E-state index in [-0.39, 0.29) is 23.1 Å². The first-order chi connectivity index (χ1) is 7.20. The van der Waals surface area contributed by atoms with Crippen molar-refractivity contribution in [1.29, 1.82) is 0 Å². The molecule has 2 aliphatic rings. The van der Waals surface area contributed by atoms with Crippen LogP contribution in [0.15, 0.2) is 0 Å². The fraction of sp³-hybridized carbons (Fsp3) is 0.818. The van der Waals surface area contributed by atoms with Gasteiger partial charge < -0.3 is 0 Å². The maximum Gasteiger partial charge on any atom is 0.233 e. The second-order valence-electron chi connectivity index (χ2n) is 4.57. The lowest BCUT2D eigenvalue weighted by atomic mass is 9.76. The fourth-order valence-corrected chi connectivity index (χ4v) is 3.39. The molecular formula is C11H16BrNO2. The number of halogens is 1. The van der Waals surface area contributed by atoms with Gasteiger partial charge >= 0.3 is 0 Å². The van der Waals surface area contributed by atoms with Crippen LogP contribution >= 0.6 is 15.9 Å². The Morgan fingerprint density at radius 2 is 2.20 bits per heavy atom. The molecule has 4 heteroatoms. The van der Waals surface area contributed by atoms with Crippen LogP contribution < -0.4 is 5.32 Å². The van der Waals surface area contributed by atoms with Crippen molar-refractivity contribution in [1.82, 2.24) is 5.32 Å². The van der Waals surface area contributed by atoms with E-state index < -0.39 is 0 Å². The molecule has 2 unspecified atom stereocenters. The minimum absolute atomic E-state index is 0.00966. The lowest BCUT2D eigenvalue weighted by Gasteiger charge is -2.24. The Hall–Kier alpha value is -0.380. The molecule has 1 aliphatic carbocycles. The van der Waals surface area contributed by atoms with Crippen LogP contribution in [0.3, 0.4) is 0 Å². The molecule has 2 amide bonds. The van der Waals surface area contributed by atoms with Gasteiger partial charge in [-0.25, -0.2) is 0 Å². The van der Waals surface area contributed by atoms with Crippen molar-refractivity contribution in [3.05, 3.63) is 0 Å². The van der Waals surface area contributed by atoms with E-state index in [1.807, 2.05) is 0 Å². The molecule has 1 heterocycles. The van der Waals surface area contributed by atoms with Crippen LogP contribution in [0.5, 0.6) is 0 Å². The van der Waals surface area contributed by atoms with Gasteiger partial charge in [0.25, 0.3) is 0 Å². The normalized spacial score (nSPS) is 34.3. The highest BCUT2D eigenvalue weighted by molar-refractivity contribution is 9.09. The molecule has 1 saturated carbocycles. The molecule has 0 radical (unpaired) electrons. The topological polar surface area (TPSA) is 46.2 Å². The maximum absolute atomic E-state index is 11.8. The molecule has 0 aromatic heterocycles. The first-order valence-corrected chi connectivity index (χ1v) is 6.74. The van der Waals surface area contributed by atoms with Gasteiger partial charge in [0.2, 0.25) is 11.8 Å². The predicted octanol–water partition coefficient (Wildman–Crippen LogP) is 1.99. The van der Waals surface area contributed by atoms with Crippen molar-refractivity contribution in [3.8, 4) is 0 Å². The number of fused-ring (bicyclic) bond motifs is 1. The van der Waals surface area contributed by atoms with Crippen LogP contribution in [0.25, 0.3) is 0 Å². The number of nitrogens with one attached hydrogen (secondary N) is 1. The summed E-state index contributed by atoms with van der Waals surface area (Å²) < 4.78 is 0. The monoisotopic (exact) mass is 273 g/mol. The average Bonchev–Trinajstić information content (AvgIpc) is 2.70. The quantitative estimate of drug-likeness (QED) is 0.484. The predicted molar refractivity (Wildman–Crippen MR) is 60.6 cm³/mol. The Kier molecular flexibility index (Phi) is 3.14. The Balaban J connectivity index is 2.09. The van der Waals surface area contributed by atoms with Gasteiger partial charge in [-0.1, -0.05) is 28.8 Å². The van der Waals surface area contributed by atoms with Gasteiger partial charge in [0.05, 0.1) is 11.3 Å². The number of amides is 2. The molecule has 0 aromatic rings. The van der Waals surface area contributed by atoms with Gasteiger partial charge in [0.15, 0.2) is 0 Å². The molecule has 15 heavy (non-hydrogen) atoms. The summed E-state index contributed by atoms with van der Waals surface area (Å²) in [6, 6.07) is 0. The Morgan fingerprint density at radius 3 is 2.93 bits per heavy atom. The number of unbranched alkanes of at least 4 members (excludes halogenated alkanes) is 1. The number of carbonyl (C=O) groups is 2. The highest BCUT2D eigenvalue weighted by Gasteiger charge is 2.56. The molecule has 2 atom stereocenters. The molecule has 0 spiro atoms. The summed E-state index contributed by atoms with van der Waals surface area (Å²) in [6.45, 7) is 0. The Labute approximate surface area is 98.1 Å². The number of hydrogen-bond acceptors (Lipinski definition) is 2. The van der Waals surface area contributed by atoms with Crippen LogP contribution in [0, 0.1) is 11.3 Å². The van der Waals surface area contributed by atoms with Crippen LogP contribution in [-0.4, -0.2) is 17.1 Å². The van der Waals surface area contributed by atoms with Crippen molar-refractivity contribution in [2.75, 3.05) is 5.33 Å². The minimum atomic E-state index is -0.334. The molecule has 1 saturated heterocycles. The SMILES string of the molecule is O=C1NC(=O)C2(CCCCBr)CCCC12. The number of hydrogen-bond donors (Lipinski definition) is 1. The summed E-state index contributed by atoms with van der Waals surface area (Å²) in [6.07, 6.45) is 5.81. The van der Waals surface area contributed by atoms with Crippen LogP contribution in [0.2, 0.25) is 0 Å². The minimum Gasteiger partial charge on any atom is -0.296 e. The molecule has 0 aromatic carbocycles. The van der Waals surface area contributed by atoms with E-state index >= 15 is 0 Å². The van der Waals surface area contributed by atoms with E-state index in [0.717, 1.165) is 43.9 Å². The third-order valence-electron chi connectivity index (χ3n) is 3.79. The van der Waals surface area contributed by atoms with Crippen molar-refractivity contribution in [3.63, 3.8) is 0 Å². The van der Waals surface area contributed by atoms with Gasteiger partial charge in [-0.15, -0.1) is 0 Å². The lowest BCUT2D eigenvalue weighted by molar-refractivity contribution is -0.129. The van der Waals surface area contributed by atoms with Crippen molar-refractivity contribution < 1.29 is 9.59 Å². The summed E-state index contributed by atoms with van der Waals surface area (Å²) in [5.74, 6) is -0.0683. The van der Waals surface area contributed by atoms with E-state index in [2.05, 4.69) is 21.2 Å². The van der Waals surface area contributed by atoms with E-state index in [4.69, 9.17) is 0 Å². The molecule has 84 valence electrons. The smallest absolute Gasteiger partial charge is 0.233 e. The van der Waals surface area contributed by atoms with Crippen molar-refractivity contribution in [2.24, 2.45) is 11.3 Å². The second-order valence-corrected chi connectivity index (χ2v) is 5.36. The zero-order valence-corrected chi connectivity index (χ0v) is 10.3. The summed E-state index contributed by atoms with van der Waals surface area (Å²) in [5.41, 5.74) is -0.334. The molecule has 0 bridgehead atoms. The number of imide groups is 1. The van der Waals surface area contributed by atoms with E-state index in [1.165, 1.54) is 0 Å². The van der Waals surface area contributed by atoms with Gasteiger partial charge in [-0.05, 0) is 25.7 Å². The second kappa shape index (κ2) is 4.24. The van der Waals surface area contributed by atoms with Gasteiger partial charge in [0, 0.05) is 5.33 Å². The molecule has 2 rings (SSSR count). The number of carbonyl (C=O) groups excluding carboxylic acids is 2. The van der Waals surface area contributed by atoms with Crippen molar-refractivity contribution >= 4 is 27.7 Å². The van der Waals surface area contributed by atoms with Gasteiger partial charge in [0.1, 0.15) is 0 Å². The third kappa shape index (κ3) is 1.73. The summed E-state index contributed by atoms with van der Waals surface area (Å²) in [7, 11) is 0. The molecular weight excluding hydrogens is 258 g/mol. The first-order valence-electron chi connectivity index (χ1n) is 5.62. The van der Waals surface area contributed by atoms with Crippen LogP contribution in [-0.2, 0) is 9.59 Å². The zero-order valence-electron chi connectivity index (χ0n) is 8.72. The van der Waals surface area contributed by atoms with Crippen LogP contribution in [0.4, 0.5) is 0 Å². The Bertz CT molecular complexity index is 292. The largest absolute Gasteiger partial charge is 0.296 e. The van der Waals surface area contributed by atoms with Gasteiger partial charge in [-0.3, -0.25) is 14.9 Å². The number of alkyl halides is 1. The lowest BCUT2D eigenvalue weighted by Crippen LogP contribution is -2.31. The summed E-state index contributed by atoms with van der Waals surface area (Å²) >= 11 is 3.39. The molecule has 1 N–H and O–H groups in total. The highest BCUT2D eigenvalue weighted by atomic mass is 79.9. The molecule has 2 fully saturated rings. The van der Waals surface area contributed by atoms with E-state index in [0.29, 0.717) is 0 Å². The fourth-order valence-electron chi connectivity index (χ4n) is 3.00. The van der Waals surface area contributed by atoms with E-state index in [1.54, 1.807) is 0 Å². The third-order valence-corrected chi connectivity index (χ3v) is 4.36. The highest BCUT2D eigenvalue weighted by Crippen LogP contribution is 2.50. The Morgan fingerprint density at radius 1 is 1.40 bits per heavy atom. The molecule has 3 nitrogen and oxygen atoms in total. The standard InChI is InChI=1S/C11H16BrNO2/c12-7-2-1-5-11-6-3-4-8(11)9(14)13-10(11)15/h8H,1-7H2,(H,13,14,15). The maximum atomic E-state index is 11.8. The van der Waals surface area contributed by atoms with Gasteiger partial charge in [-0.2, -0.15) is 0 Å². The van der Waals surface area contributed by atoms with E-state index in [9.17, 15) is 9.59 Å².